The van der Waals surface area contributed by atoms with Gasteiger partial charge in [0.1, 0.15) is 0 Å². The van der Waals surface area contributed by atoms with Gasteiger partial charge < -0.3 is 20.9 Å². The summed E-state index contributed by atoms with van der Waals surface area (Å²) in [5, 5.41) is 9.80. The van der Waals surface area contributed by atoms with Gasteiger partial charge in [0, 0.05) is 39.3 Å². The summed E-state index contributed by atoms with van der Waals surface area (Å²) in [6.45, 7) is 12.6. The Hall–Kier alpha value is -2.08. The molecule has 0 atom stereocenters. The lowest BCUT2D eigenvalue weighted by Gasteiger charge is -2.27. The lowest BCUT2D eigenvalue weighted by atomic mass is 10.4. The summed E-state index contributed by atoms with van der Waals surface area (Å²) < 4.78 is 0. The number of hydrogen-bond acceptors (Lipinski definition) is 6. The minimum absolute atomic E-state index is 0.667. The molecule has 0 amide bonds. The van der Waals surface area contributed by atoms with Crippen LogP contribution in [-0.4, -0.2) is 49.2 Å². The highest BCUT2D eigenvalue weighted by atomic mass is 15.3. The van der Waals surface area contributed by atoms with Gasteiger partial charge in [-0.2, -0.15) is 4.98 Å². The van der Waals surface area contributed by atoms with Crippen molar-refractivity contribution in [3.63, 3.8) is 0 Å². The normalized spacial score (nSPS) is 14.7. The van der Waals surface area contributed by atoms with Gasteiger partial charge in [-0.1, -0.05) is 12.2 Å². The van der Waals surface area contributed by atoms with Gasteiger partial charge in [0.25, 0.3) is 0 Å². The second-order valence-electron chi connectivity index (χ2n) is 4.51. The first-order chi connectivity index (χ1) is 9.85. The van der Waals surface area contributed by atoms with Crippen LogP contribution < -0.4 is 20.9 Å². The predicted octanol–water partition coefficient (Wildman–Crippen LogP) is 1.08. The zero-order valence-electron chi connectivity index (χ0n) is 11.7. The van der Waals surface area contributed by atoms with E-state index in [1.807, 2.05) is 18.3 Å². The maximum atomic E-state index is 4.62. The average molecular weight is 274 g/mol. The van der Waals surface area contributed by atoms with Gasteiger partial charge in [0.15, 0.2) is 5.82 Å². The monoisotopic (exact) mass is 274 g/mol. The van der Waals surface area contributed by atoms with Crippen LogP contribution in [0.5, 0.6) is 0 Å². The van der Waals surface area contributed by atoms with Crippen molar-refractivity contribution in [2.24, 2.45) is 0 Å². The first-order valence-corrected chi connectivity index (χ1v) is 6.87. The molecule has 6 nitrogen and oxygen atoms in total. The van der Waals surface area contributed by atoms with Crippen molar-refractivity contribution in [1.82, 2.24) is 15.3 Å². The second-order valence-corrected chi connectivity index (χ2v) is 4.51. The first-order valence-electron chi connectivity index (χ1n) is 6.87. The van der Waals surface area contributed by atoms with Crippen LogP contribution in [-0.2, 0) is 0 Å². The van der Waals surface area contributed by atoms with Crippen LogP contribution in [0.4, 0.5) is 17.5 Å². The molecule has 1 aromatic heterocycles. The third kappa shape index (κ3) is 3.71. The van der Waals surface area contributed by atoms with E-state index in [2.05, 4.69) is 44.0 Å². The predicted molar refractivity (Wildman–Crippen MR) is 84.5 cm³/mol. The van der Waals surface area contributed by atoms with Crippen molar-refractivity contribution >= 4 is 17.5 Å². The fourth-order valence-corrected chi connectivity index (χ4v) is 2.00. The topological polar surface area (TPSA) is 65.1 Å². The molecular formula is C14H22N6. The minimum atomic E-state index is 0.667. The Bertz CT molecular complexity index is 453. The van der Waals surface area contributed by atoms with E-state index in [1.54, 1.807) is 0 Å². The van der Waals surface area contributed by atoms with Crippen LogP contribution >= 0.6 is 0 Å². The van der Waals surface area contributed by atoms with E-state index in [-0.39, 0.29) is 0 Å². The molecule has 1 aromatic rings. The van der Waals surface area contributed by atoms with Crippen LogP contribution in [0, 0.1) is 0 Å². The lowest BCUT2D eigenvalue weighted by molar-refractivity contribution is 0.580. The molecule has 108 valence electrons. The van der Waals surface area contributed by atoms with E-state index in [4.69, 9.17) is 0 Å². The molecular weight excluding hydrogens is 252 g/mol. The van der Waals surface area contributed by atoms with Crippen molar-refractivity contribution in [3.8, 4) is 0 Å². The summed E-state index contributed by atoms with van der Waals surface area (Å²) in [5.41, 5.74) is 0.880. The molecule has 1 aliphatic rings. The Morgan fingerprint density at radius 2 is 1.90 bits per heavy atom. The van der Waals surface area contributed by atoms with E-state index in [0.717, 1.165) is 43.6 Å². The zero-order valence-corrected chi connectivity index (χ0v) is 11.7. The third-order valence-electron chi connectivity index (χ3n) is 3.03. The quantitative estimate of drug-likeness (QED) is 0.647. The molecule has 0 unspecified atom stereocenters. The Morgan fingerprint density at radius 1 is 1.20 bits per heavy atom. The summed E-state index contributed by atoms with van der Waals surface area (Å²) in [4.78, 5) is 11.3. The van der Waals surface area contributed by atoms with Crippen LogP contribution in [0.2, 0.25) is 0 Å². The van der Waals surface area contributed by atoms with Crippen molar-refractivity contribution in [2.45, 2.75) is 0 Å². The molecule has 0 spiro atoms. The molecule has 1 aliphatic heterocycles. The first kappa shape index (κ1) is 14.3. The highest BCUT2D eigenvalue weighted by Crippen LogP contribution is 2.21. The fourth-order valence-electron chi connectivity index (χ4n) is 2.00. The van der Waals surface area contributed by atoms with Crippen LogP contribution in [0.3, 0.4) is 0 Å². The van der Waals surface area contributed by atoms with E-state index < -0.39 is 0 Å². The number of anilines is 3. The molecule has 2 heterocycles. The maximum Gasteiger partial charge on any atom is 0.227 e. The number of nitrogens with one attached hydrogen (secondary N) is 3. The summed E-state index contributed by atoms with van der Waals surface area (Å²) in [7, 11) is 0. The smallest absolute Gasteiger partial charge is 0.227 e. The summed E-state index contributed by atoms with van der Waals surface area (Å²) in [5.74, 6) is 1.57. The van der Waals surface area contributed by atoms with Gasteiger partial charge in [0.05, 0.1) is 11.9 Å². The van der Waals surface area contributed by atoms with Crippen LogP contribution in [0.1, 0.15) is 0 Å². The highest BCUT2D eigenvalue weighted by molar-refractivity contribution is 5.65. The number of rotatable bonds is 7. The van der Waals surface area contributed by atoms with E-state index in [9.17, 15) is 0 Å². The molecule has 2 rings (SSSR count). The Kier molecular flexibility index (Phi) is 5.37. The van der Waals surface area contributed by atoms with Gasteiger partial charge in [0.2, 0.25) is 5.95 Å². The molecule has 1 saturated heterocycles. The average Bonchev–Trinajstić information content (AvgIpc) is 2.52. The highest BCUT2D eigenvalue weighted by Gasteiger charge is 2.15. The maximum absolute atomic E-state index is 4.62. The number of aromatic nitrogens is 2. The van der Waals surface area contributed by atoms with Crippen molar-refractivity contribution in [2.75, 3.05) is 54.8 Å². The van der Waals surface area contributed by atoms with Crippen molar-refractivity contribution < 1.29 is 0 Å². The van der Waals surface area contributed by atoms with Gasteiger partial charge in [-0.3, -0.25) is 0 Å². The molecule has 0 radical (unpaired) electrons. The number of nitrogens with zero attached hydrogens (tertiary/aromatic N) is 3. The minimum Gasteiger partial charge on any atom is -0.377 e. The Morgan fingerprint density at radius 3 is 2.60 bits per heavy atom. The summed E-state index contributed by atoms with van der Waals surface area (Å²) in [6.07, 6.45) is 5.44. The lowest BCUT2D eigenvalue weighted by Crippen LogP contribution is -2.44. The van der Waals surface area contributed by atoms with E-state index >= 15 is 0 Å². The number of hydrogen-bond donors (Lipinski definition) is 3. The van der Waals surface area contributed by atoms with Gasteiger partial charge in [-0.25, -0.2) is 4.98 Å². The standard InChI is InChI=1S/C14H22N6/c1-3-5-16-12-11-18-14(19-13(12)17-6-4-2)20-9-7-15-8-10-20/h3-4,11,15-16H,1-2,5-10H2,(H,17,18,19). The molecule has 0 saturated carbocycles. The largest absolute Gasteiger partial charge is 0.377 e. The summed E-state index contributed by atoms with van der Waals surface area (Å²) in [6, 6.07) is 0. The van der Waals surface area contributed by atoms with Crippen molar-refractivity contribution in [1.29, 1.82) is 0 Å². The Labute approximate surface area is 120 Å². The zero-order chi connectivity index (χ0) is 14.2. The molecule has 6 heteroatoms. The van der Waals surface area contributed by atoms with E-state index in [1.165, 1.54) is 0 Å². The molecule has 20 heavy (non-hydrogen) atoms. The number of piperazine rings is 1. The van der Waals surface area contributed by atoms with Gasteiger partial charge >= 0.3 is 0 Å². The van der Waals surface area contributed by atoms with Crippen molar-refractivity contribution in [3.05, 3.63) is 31.5 Å². The van der Waals surface area contributed by atoms with E-state index in [0.29, 0.717) is 13.1 Å². The molecule has 0 aliphatic carbocycles. The van der Waals surface area contributed by atoms with Crippen LogP contribution in [0.25, 0.3) is 0 Å². The third-order valence-corrected chi connectivity index (χ3v) is 3.03. The SMILES string of the molecule is C=CCNc1cnc(N2CCNCC2)nc1NCC=C. The summed E-state index contributed by atoms with van der Waals surface area (Å²) >= 11 is 0. The second kappa shape index (κ2) is 7.49. The molecule has 0 bridgehead atoms. The Balaban J connectivity index is 2.16. The molecule has 3 N–H and O–H groups in total. The fraction of sp³-hybridized carbons (Fsp3) is 0.429. The molecule has 1 fully saturated rings. The van der Waals surface area contributed by atoms with Gasteiger partial charge in [-0.05, 0) is 0 Å². The van der Waals surface area contributed by atoms with Gasteiger partial charge in [-0.15, -0.1) is 13.2 Å². The van der Waals surface area contributed by atoms with Crippen LogP contribution in [0.15, 0.2) is 31.5 Å². The molecule has 0 aromatic carbocycles.